The van der Waals surface area contributed by atoms with E-state index in [-0.39, 0.29) is 0 Å². The lowest BCUT2D eigenvalue weighted by Gasteiger charge is -2.52. The molecule has 0 bridgehead atoms. The van der Waals surface area contributed by atoms with Gasteiger partial charge in [-0.1, -0.05) is 0 Å². The van der Waals surface area contributed by atoms with Gasteiger partial charge in [-0.25, -0.2) is 0 Å². The molecule has 2 heterocycles. The molecule has 0 saturated carbocycles. The first-order valence-corrected chi connectivity index (χ1v) is 6.00. The summed E-state index contributed by atoms with van der Waals surface area (Å²) in [6.45, 7) is 15.8. The van der Waals surface area contributed by atoms with Crippen molar-refractivity contribution in [3.8, 4) is 0 Å². The summed E-state index contributed by atoms with van der Waals surface area (Å²) in [5.74, 6) is 0. The van der Waals surface area contributed by atoms with Crippen molar-refractivity contribution in [2.75, 3.05) is 39.4 Å². The molecule has 0 aromatic carbocycles. The highest BCUT2D eigenvalue weighted by Crippen LogP contribution is 2.27. The van der Waals surface area contributed by atoms with Crippen molar-refractivity contribution in [3.63, 3.8) is 0 Å². The molecule has 0 unspecified atom stereocenters. The highest BCUT2D eigenvalue weighted by atomic mass is 16.5. The maximum Gasteiger partial charge on any atom is 0.0671 e. The summed E-state index contributed by atoms with van der Waals surface area (Å²) in [5.41, 5.74) is 0.660. The molecule has 0 atom stereocenters. The highest BCUT2D eigenvalue weighted by Gasteiger charge is 2.41. The van der Waals surface area contributed by atoms with Crippen LogP contribution in [0.4, 0.5) is 0 Å². The maximum absolute atomic E-state index is 5.33. The van der Waals surface area contributed by atoms with Crippen LogP contribution in [0, 0.1) is 0 Å². The SMILES string of the molecule is CC(C)(C)N1CCN(C2(C)COC2)CC1. The Kier molecular flexibility index (Phi) is 2.82. The van der Waals surface area contributed by atoms with E-state index in [9.17, 15) is 0 Å². The predicted octanol–water partition coefficient (Wildman–Crippen LogP) is 1.19. The molecule has 15 heavy (non-hydrogen) atoms. The molecule has 0 spiro atoms. The summed E-state index contributed by atoms with van der Waals surface area (Å²) in [5, 5.41) is 0. The Labute approximate surface area is 93.4 Å². The van der Waals surface area contributed by atoms with E-state index in [1.54, 1.807) is 0 Å². The van der Waals surface area contributed by atoms with Crippen LogP contribution in [-0.4, -0.2) is 60.3 Å². The number of piperazine rings is 1. The molecule has 3 heteroatoms. The summed E-state index contributed by atoms with van der Waals surface area (Å²) < 4.78 is 5.33. The lowest BCUT2D eigenvalue weighted by molar-refractivity contribution is -0.143. The fraction of sp³-hybridized carbons (Fsp3) is 1.00. The van der Waals surface area contributed by atoms with Crippen LogP contribution in [0.15, 0.2) is 0 Å². The van der Waals surface area contributed by atoms with Gasteiger partial charge in [0, 0.05) is 31.7 Å². The van der Waals surface area contributed by atoms with Gasteiger partial charge in [-0.05, 0) is 27.7 Å². The Morgan fingerprint density at radius 2 is 1.53 bits per heavy atom. The molecule has 2 fully saturated rings. The molecule has 2 aliphatic rings. The second-order valence-corrected chi connectivity index (χ2v) is 6.13. The van der Waals surface area contributed by atoms with Gasteiger partial charge in [-0.2, -0.15) is 0 Å². The topological polar surface area (TPSA) is 15.7 Å². The second-order valence-electron chi connectivity index (χ2n) is 6.13. The van der Waals surface area contributed by atoms with Crippen molar-refractivity contribution in [1.82, 2.24) is 9.80 Å². The van der Waals surface area contributed by atoms with Gasteiger partial charge in [0.25, 0.3) is 0 Å². The largest absolute Gasteiger partial charge is 0.377 e. The first-order valence-electron chi connectivity index (χ1n) is 6.00. The molecule has 0 aromatic rings. The molecule has 3 nitrogen and oxygen atoms in total. The van der Waals surface area contributed by atoms with Crippen molar-refractivity contribution >= 4 is 0 Å². The quantitative estimate of drug-likeness (QED) is 0.649. The summed E-state index contributed by atoms with van der Waals surface area (Å²) in [6.07, 6.45) is 0. The smallest absolute Gasteiger partial charge is 0.0671 e. The average Bonchev–Trinajstić information content (AvgIpc) is 2.13. The summed E-state index contributed by atoms with van der Waals surface area (Å²) in [4.78, 5) is 5.17. The van der Waals surface area contributed by atoms with Crippen molar-refractivity contribution in [2.24, 2.45) is 0 Å². The first-order chi connectivity index (χ1) is 6.92. The van der Waals surface area contributed by atoms with Gasteiger partial charge >= 0.3 is 0 Å². The minimum absolute atomic E-state index is 0.323. The van der Waals surface area contributed by atoms with E-state index < -0.39 is 0 Å². The standard InChI is InChI=1S/C12H24N2O/c1-11(2,3)13-5-7-14(8-6-13)12(4)9-15-10-12/h5-10H2,1-4H3. The van der Waals surface area contributed by atoms with Crippen LogP contribution in [-0.2, 0) is 4.74 Å². The Hall–Kier alpha value is -0.120. The number of rotatable bonds is 1. The average molecular weight is 212 g/mol. The van der Waals surface area contributed by atoms with Gasteiger partial charge < -0.3 is 4.74 Å². The minimum Gasteiger partial charge on any atom is -0.377 e. The van der Waals surface area contributed by atoms with Gasteiger partial charge in [-0.15, -0.1) is 0 Å². The molecular weight excluding hydrogens is 188 g/mol. The van der Waals surface area contributed by atoms with Crippen molar-refractivity contribution in [1.29, 1.82) is 0 Å². The maximum atomic E-state index is 5.33. The van der Waals surface area contributed by atoms with E-state index in [2.05, 4.69) is 37.5 Å². The number of hydrogen-bond donors (Lipinski definition) is 0. The fourth-order valence-electron chi connectivity index (χ4n) is 2.50. The first kappa shape index (κ1) is 11.4. The summed E-state index contributed by atoms with van der Waals surface area (Å²) >= 11 is 0. The van der Waals surface area contributed by atoms with Gasteiger partial charge in [-0.3, -0.25) is 9.80 Å². The number of ether oxygens (including phenoxy) is 1. The molecule has 0 aromatic heterocycles. The van der Waals surface area contributed by atoms with Crippen LogP contribution < -0.4 is 0 Å². The van der Waals surface area contributed by atoms with Crippen molar-refractivity contribution < 1.29 is 4.74 Å². The van der Waals surface area contributed by atoms with Gasteiger partial charge in [0.05, 0.1) is 18.8 Å². The van der Waals surface area contributed by atoms with E-state index in [1.807, 2.05) is 0 Å². The molecule has 0 aliphatic carbocycles. The number of hydrogen-bond acceptors (Lipinski definition) is 3. The Morgan fingerprint density at radius 1 is 1.00 bits per heavy atom. The molecule has 2 rings (SSSR count). The Morgan fingerprint density at radius 3 is 1.87 bits per heavy atom. The zero-order valence-corrected chi connectivity index (χ0v) is 10.5. The van der Waals surface area contributed by atoms with Crippen LogP contribution in [0.2, 0.25) is 0 Å². The second kappa shape index (κ2) is 3.72. The Bertz CT molecular complexity index is 222. The van der Waals surface area contributed by atoms with E-state index in [0.29, 0.717) is 11.1 Å². The normalized spacial score (nSPS) is 28.8. The molecule has 88 valence electrons. The van der Waals surface area contributed by atoms with Crippen molar-refractivity contribution in [2.45, 2.75) is 38.8 Å². The van der Waals surface area contributed by atoms with E-state index >= 15 is 0 Å². The third-order valence-electron chi connectivity index (χ3n) is 3.82. The van der Waals surface area contributed by atoms with Gasteiger partial charge in [0.15, 0.2) is 0 Å². The van der Waals surface area contributed by atoms with Crippen LogP contribution in [0.5, 0.6) is 0 Å². The lowest BCUT2D eigenvalue weighted by Crippen LogP contribution is -2.65. The molecule has 0 radical (unpaired) electrons. The number of nitrogens with zero attached hydrogens (tertiary/aromatic N) is 2. The molecule has 0 amide bonds. The molecule has 2 aliphatic heterocycles. The van der Waals surface area contributed by atoms with E-state index in [4.69, 9.17) is 4.74 Å². The van der Waals surface area contributed by atoms with Gasteiger partial charge in [0.1, 0.15) is 0 Å². The minimum atomic E-state index is 0.323. The zero-order valence-electron chi connectivity index (χ0n) is 10.5. The fourth-order valence-corrected chi connectivity index (χ4v) is 2.50. The third-order valence-corrected chi connectivity index (χ3v) is 3.82. The van der Waals surface area contributed by atoms with Crippen LogP contribution in [0.3, 0.4) is 0 Å². The lowest BCUT2D eigenvalue weighted by atomic mass is 9.96. The van der Waals surface area contributed by atoms with Gasteiger partial charge in [0.2, 0.25) is 0 Å². The monoisotopic (exact) mass is 212 g/mol. The van der Waals surface area contributed by atoms with Crippen LogP contribution in [0.25, 0.3) is 0 Å². The molecule has 0 N–H and O–H groups in total. The van der Waals surface area contributed by atoms with Crippen molar-refractivity contribution in [3.05, 3.63) is 0 Å². The Balaban J connectivity index is 1.87. The zero-order chi connectivity index (χ0) is 11.1. The van der Waals surface area contributed by atoms with Crippen LogP contribution in [0.1, 0.15) is 27.7 Å². The molecular formula is C12H24N2O. The van der Waals surface area contributed by atoms with Crippen LogP contribution >= 0.6 is 0 Å². The van der Waals surface area contributed by atoms with E-state index in [0.717, 1.165) is 13.2 Å². The van der Waals surface area contributed by atoms with E-state index in [1.165, 1.54) is 26.2 Å². The summed E-state index contributed by atoms with van der Waals surface area (Å²) in [7, 11) is 0. The molecule has 2 saturated heterocycles. The predicted molar refractivity (Wildman–Crippen MR) is 62.1 cm³/mol. The third kappa shape index (κ3) is 2.19. The summed E-state index contributed by atoms with van der Waals surface area (Å²) in [6, 6.07) is 0. The highest BCUT2D eigenvalue weighted by molar-refractivity contribution is 4.95.